The molecule has 17 rings (SSSR count). The summed E-state index contributed by atoms with van der Waals surface area (Å²) in [5.41, 5.74) is 4.51. The molecule has 0 spiro atoms. The van der Waals surface area contributed by atoms with E-state index in [0.29, 0.717) is 17.4 Å². The number of carbonyl (C=O) groups excluding carboxylic acids is 4. The first-order valence-electron chi connectivity index (χ1n) is 40.2. The Labute approximate surface area is 609 Å². The number of allylic oxidation sites excluding steroid dienone is 3. The van der Waals surface area contributed by atoms with Crippen LogP contribution in [-0.2, 0) is 50.6 Å². The number of methoxy groups -OCH3 is 3. The highest BCUT2D eigenvalue weighted by molar-refractivity contribution is 6.02. The number of fused-ring (bicyclic) bond motifs is 28. The molecule has 9 fully saturated rings. The molecule has 2 aliphatic heterocycles. The summed E-state index contributed by atoms with van der Waals surface area (Å²) in [4.78, 5) is 57.6. The lowest BCUT2D eigenvalue weighted by Gasteiger charge is -2.73. The van der Waals surface area contributed by atoms with E-state index in [1.54, 1.807) is 20.3 Å². The molecule has 0 aromatic heterocycles. The number of hydrogen-bond acceptors (Lipinski definition) is 12. The molecule has 9 saturated carbocycles. The van der Waals surface area contributed by atoms with Crippen LogP contribution in [0, 0.1) is 114 Å². The second-order valence-corrected chi connectivity index (χ2v) is 41.7. The van der Waals surface area contributed by atoms with Gasteiger partial charge in [0.25, 0.3) is 0 Å². The molecular formula is C90H122O12. The fourth-order valence-electron chi connectivity index (χ4n) is 31.1. The summed E-state index contributed by atoms with van der Waals surface area (Å²) in [5, 5.41) is 13.6. The van der Waals surface area contributed by atoms with Crippen molar-refractivity contribution in [3.8, 4) is 23.0 Å². The minimum absolute atomic E-state index is 0.0353. The van der Waals surface area contributed by atoms with Crippen molar-refractivity contribution in [2.75, 3.05) is 21.3 Å². The first-order valence-corrected chi connectivity index (χ1v) is 40.2. The second kappa shape index (κ2) is 20.8. The van der Waals surface area contributed by atoms with Crippen molar-refractivity contribution in [3.05, 3.63) is 80.5 Å². The standard InChI is InChI=1S/C90H122O12/c1-50-52-23-25-59-79(8,37-44-88(17)70-76(5,35-40-84(59,88)13)27-22-28-82(70,11)73(94)98-21)54(52)45-57-65(50)100-68-67(99-57)64-51(2)66-58(46-56(64)81(10)38-43-86(15)62-49-78(7,72(93)97-20)32-30-75(62,4)34-41-87(86,16)69(68)81)101-90(95)63(91)47-55-53(89(90,18)102-66)24-26-60-80(55,9)36-42-85(14)61-48-77(6,71(92)96-19)31-29-74(61,3)33-39-83(60,85)12/h24,26,45-47,59,61-62,67-70,95H,22-23,25,27-44,48-49H2,1-21H3/t59-,61+,62+,67-,68-,69-,70-,74+,75+,76+,77+,78+,79-,80-,81-,82+,83+,84+,85-,86-,87+,88-,89-,90+/m0/s1. The van der Waals surface area contributed by atoms with Gasteiger partial charge >= 0.3 is 23.7 Å². The molecule has 0 unspecified atom stereocenters. The molecule has 554 valence electrons. The van der Waals surface area contributed by atoms with Crippen molar-refractivity contribution in [1.82, 2.24) is 0 Å². The van der Waals surface area contributed by atoms with Gasteiger partial charge in [0, 0.05) is 33.4 Å². The zero-order valence-corrected chi connectivity index (χ0v) is 66.1. The van der Waals surface area contributed by atoms with Gasteiger partial charge in [-0.2, -0.15) is 0 Å². The lowest BCUT2D eigenvalue weighted by atomic mass is 9.31. The predicted octanol–water partition coefficient (Wildman–Crippen LogP) is 19.3. The van der Waals surface area contributed by atoms with Crippen LogP contribution in [0.15, 0.2) is 47.1 Å². The first kappa shape index (κ1) is 69.9. The van der Waals surface area contributed by atoms with Gasteiger partial charge in [-0.1, -0.05) is 107 Å². The van der Waals surface area contributed by atoms with Crippen LogP contribution in [0.1, 0.15) is 292 Å². The van der Waals surface area contributed by atoms with Crippen LogP contribution in [0.4, 0.5) is 0 Å². The molecule has 0 saturated heterocycles. The van der Waals surface area contributed by atoms with Crippen molar-refractivity contribution in [3.63, 3.8) is 0 Å². The van der Waals surface area contributed by atoms with Gasteiger partial charge < -0.3 is 38.3 Å². The Morgan fingerprint density at radius 3 is 1.73 bits per heavy atom. The summed E-state index contributed by atoms with van der Waals surface area (Å²) >= 11 is 0. The van der Waals surface area contributed by atoms with E-state index in [9.17, 15) is 19.5 Å². The number of aliphatic hydroxyl groups is 1. The van der Waals surface area contributed by atoms with Crippen LogP contribution in [0.5, 0.6) is 23.0 Å². The Bertz CT molecular complexity index is 4200. The fourth-order valence-corrected chi connectivity index (χ4v) is 31.1. The number of hydrogen-bond donors (Lipinski definition) is 1. The SMILES string of the molecule is COC(=O)[C@]1(C)CC[C@]2(C)CC[C@]3(C)C4=CC=C5C(=CC(=O)[C@@]6(O)Oc7cc8c(c(C)c7O[C@@]56C)[C@@H]5Oc6cc7c(c(C)c6O[C@@H]5[C@H]5[C@@]8(C)CC[C@@]6(C)[C@@H]8C[C@](C)(C(=O)OC)CC[C@]8(C)CC[C@]56C)CC[C@H]5[C@@]7(C)CC[C@@]6(C)[C@H]7[C@](C)(CCC[C@@]7(C)C(=O)OC)CC[C@]56C)[C@]4(C)CC[C@@]3(C)[C@@H]2C1. The molecule has 12 heteroatoms. The van der Waals surface area contributed by atoms with Crippen LogP contribution in [-0.4, -0.2) is 67.6 Å². The number of benzene rings is 2. The van der Waals surface area contributed by atoms with Crippen LogP contribution in [0.25, 0.3) is 0 Å². The van der Waals surface area contributed by atoms with Crippen molar-refractivity contribution < 1.29 is 57.4 Å². The monoisotopic (exact) mass is 1390 g/mol. The Balaban J connectivity index is 0.794. The van der Waals surface area contributed by atoms with Gasteiger partial charge in [0.05, 0.1) is 37.6 Å². The summed E-state index contributed by atoms with van der Waals surface area (Å²) in [6.07, 6.45) is 27.3. The maximum Gasteiger partial charge on any atom is 0.317 e. The maximum absolute atomic E-state index is 15.7. The average Bonchev–Trinajstić information content (AvgIpc) is 0.672. The van der Waals surface area contributed by atoms with Crippen molar-refractivity contribution in [2.24, 2.45) is 100.0 Å². The first-order chi connectivity index (χ1) is 47.5. The van der Waals surface area contributed by atoms with E-state index in [0.717, 1.165) is 187 Å². The quantitative estimate of drug-likeness (QED) is 0.230. The summed E-state index contributed by atoms with van der Waals surface area (Å²) in [6, 6.07) is 4.58. The van der Waals surface area contributed by atoms with Gasteiger partial charge in [-0.3, -0.25) is 19.2 Å². The number of carbonyl (C=O) groups is 4. The molecule has 2 aromatic carbocycles. The Morgan fingerprint density at radius 1 is 0.510 bits per heavy atom. The zero-order valence-electron chi connectivity index (χ0n) is 66.1. The van der Waals surface area contributed by atoms with Gasteiger partial charge in [-0.05, 0) is 307 Å². The number of ketones is 1. The van der Waals surface area contributed by atoms with Gasteiger partial charge in [-0.15, -0.1) is 0 Å². The molecule has 0 radical (unpaired) electrons. The highest BCUT2D eigenvalue weighted by atomic mass is 16.7. The number of ether oxygens (including phenoxy) is 7. The highest BCUT2D eigenvalue weighted by Gasteiger charge is 2.77. The van der Waals surface area contributed by atoms with E-state index in [2.05, 4.69) is 142 Å². The molecule has 12 nitrogen and oxygen atoms in total. The normalized spacial score (nSPS) is 50.7. The number of esters is 3. The minimum Gasteiger partial charge on any atom is -0.482 e. The molecule has 13 aliphatic carbocycles. The third kappa shape index (κ3) is 7.93. The molecule has 2 aromatic rings. The van der Waals surface area contributed by atoms with Crippen LogP contribution in [0.2, 0.25) is 0 Å². The van der Waals surface area contributed by atoms with Gasteiger partial charge in [0.1, 0.15) is 6.10 Å². The van der Waals surface area contributed by atoms with Gasteiger partial charge in [0.2, 0.25) is 11.4 Å². The molecule has 1 N–H and O–H groups in total. The molecule has 0 bridgehead atoms. The zero-order chi connectivity index (χ0) is 73.1. The average molecular weight is 1400 g/mol. The minimum atomic E-state index is -2.40. The van der Waals surface area contributed by atoms with E-state index < -0.39 is 56.5 Å². The molecule has 15 aliphatic rings. The highest BCUT2D eigenvalue weighted by Crippen LogP contribution is 2.82. The van der Waals surface area contributed by atoms with Crippen molar-refractivity contribution in [1.29, 1.82) is 0 Å². The lowest BCUT2D eigenvalue weighted by molar-refractivity contribution is -0.240. The third-order valence-corrected chi connectivity index (χ3v) is 37.6. The van der Waals surface area contributed by atoms with Crippen LogP contribution >= 0.6 is 0 Å². The predicted molar refractivity (Wildman–Crippen MR) is 393 cm³/mol. The topological polar surface area (TPSA) is 153 Å². The smallest absolute Gasteiger partial charge is 0.317 e. The van der Waals surface area contributed by atoms with E-state index in [-0.39, 0.29) is 95.7 Å². The molecular weight excluding hydrogens is 1270 g/mol. The Kier molecular flexibility index (Phi) is 14.2. The fraction of sp³-hybridized carbons (Fsp3) is 0.756. The maximum atomic E-state index is 15.7. The summed E-state index contributed by atoms with van der Waals surface area (Å²) in [6.45, 7) is 43.1. The summed E-state index contributed by atoms with van der Waals surface area (Å²) < 4.78 is 48.2. The van der Waals surface area contributed by atoms with Gasteiger partial charge in [0.15, 0.2) is 29.1 Å². The Hall–Kier alpha value is -5.10. The lowest BCUT2D eigenvalue weighted by Crippen LogP contribution is -2.70. The van der Waals surface area contributed by atoms with Gasteiger partial charge in [-0.25, -0.2) is 0 Å². The van der Waals surface area contributed by atoms with E-state index in [1.807, 2.05) is 6.92 Å². The molecule has 2 heterocycles. The summed E-state index contributed by atoms with van der Waals surface area (Å²) in [5.74, 6) is 0.388. The van der Waals surface area contributed by atoms with Crippen LogP contribution in [0.3, 0.4) is 0 Å². The van der Waals surface area contributed by atoms with E-state index in [1.165, 1.54) is 29.4 Å². The second-order valence-electron chi connectivity index (χ2n) is 41.7. The third-order valence-electron chi connectivity index (χ3n) is 37.6. The van der Waals surface area contributed by atoms with Crippen LogP contribution < -0.4 is 18.9 Å². The number of rotatable bonds is 3. The van der Waals surface area contributed by atoms with Crippen molar-refractivity contribution in [2.45, 2.75) is 307 Å². The molecule has 24 atom stereocenters. The summed E-state index contributed by atoms with van der Waals surface area (Å²) in [7, 11) is 4.68. The largest absolute Gasteiger partial charge is 0.482 e. The van der Waals surface area contributed by atoms with E-state index in [4.69, 9.17) is 33.2 Å². The molecule has 102 heavy (non-hydrogen) atoms. The van der Waals surface area contributed by atoms with Crippen molar-refractivity contribution >= 4 is 23.7 Å². The molecule has 0 amide bonds. The Morgan fingerprint density at radius 2 is 1.07 bits per heavy atom. The van der Waals surface area contributed by atoms with E-state index >= 15 is 4.79 Å².